The molecule has 1 atom stereocenters. The topological polar surface area (TPSA) is 21.3 Å². The van der Waals surface area contributed by atoms with E-state index in [1.165, 1.54) is 11.1 Å². The van der Waals surface area contributed by atoms with E-state index in [1.807, 2.05) is 0 Å². The monoisotopic (exact) mass is 267 g/mol. The van der Waals surface area contributed by atoms with Crippen molar-refractivity contribution in [1.82, 2.24) is 5.32 Å². The fourth-order valence-corrected chi connectivity index (χ4v) is 2.75. The van der Waals surface area contributed by atoms with E-state index in [-0.39, 0.29) is 11.6 Å². The second-order valence-electron chi connectivity index (χ2n) is 5.76. The molecule has 0 amide bonds. The van der Waals surface area contributed by atoms with E-state index in [1.54, 1.807) is 0 Å². The van der Waals surface area contributed by atoms with Crippen LogP contribution in [-0.2, 0) is 6.42 Å². The third-order valence-corrected chi connectivity index (χ3v) is 3.67. The van der Waals surface area contributed by atoms with Crippen LogP contribution >= 0.6 is 11.6 Å². The second-order valence-corrected chi connectivity index (χ2v) is 6.14. The van der Waals surface area contributed by atoms with E-state index in [9.17, 15) is 0 Å². The molecule has 100 valence electrons. The third kappa shape index (κ3) is 3.39. The van der Waals surface area contributed by atoms with Crippen LogP contribution in [0.15, 0.2) is 18.2 Å². The van der Waals surface area contributed by atoms with Gasteiger partial charge in [-0.1, -0.05) is 17.7 Å². The number of nitrogens with one attached hydrogen (secondary N) is 1. The molecule has 3 heteroatoms. The lowest BCUT2D eigenvalue weighted by atomic mass is 10.0. The first-order valence-electron chi connectivity index (χ1n) is 6.57. The van der Waals surface area contributed by atoms with Gasteiger partial charge in [0.1, 0.15) is 11.9 Å². The van der Waals surface area contributed by atoms with E-state index in [0.717, 1.165) is 25.1 Å². The fraction of sp³-hybridized carbons (Fsp3) is 0.600. The zero-order chi connectivity index (χ0) is 13.2. The van der Waals surface area contributed by atoms with Gasteiger partial charge >= 0.3 is 0 Å². The molecule has 0 saturated heterocycles. The maximum absolute atomic E-state index is 5.94. The molecule has 1 N–H and O–H groups in total. The Morgan fingerprint density at radius 3 is 2.94 bits per heavy atom. The summed E-state index contributed by atoms with van der Waals surface area (Å²) >= 11 is 5.80. The molecular formula is C15H22ClNO. The summed E-state index contributed by atoms with van der Waals surface area (Å²) in [7, 11) is 0. The van der Waals surface area contributed by atoms with E-state index in [2.05, 4.69) is 44.3 Å². The number of hydrogen-bond acceptors (Lipinski definition) is 2. The molecule has 1 aromatic rings. The number of alkyl halides is 1. The van der Waals surface area contributed by atoms with Crippen LogP contribution < -0.4 is 10.1 Å². The molecule has 0 fully saturated rings. The van der Waals surface area contributed by atoms with Crippen molar-refractivity contribution in [3.05, 3.63) is 29.3 Å². The molecule has 1 aliphatic rings. The summed E-state index contributed by atoms with van der Waals surface area (Å²) in [6, 6.07) is 6.40. The molecule has 0 saturated carbocycles. The quantitative estimate of drug-likeness (QED) is 0.827. The minimum absolute atomic E-state index is 0.0792. The van der Waals surface area contributed by atoms with Crippen LogP contribution in [0.4, 0.5) is 0 Å². The highest BCUT2D eigenvalue weighted by molar-refractivity contribution is 6.17. The fourth-order valence-electron chi connectivity index (χ4n) is 2.28. The van der Waals surface area contributed by atoms with E-state index < -0.39 is 0 Å². The Hall–Kier alpha value is -0.730. The van der Waals surface area contributed by atoms with Crippen molar-refractivity contribution in [3.8, 4) is 5.75 Å². The molecule has 0 aliphatic carbocycles. The van der Waals surface area contributed by atoms with Crippen LogP contribution in [0.5, 0.6) is 5.75 Å². The highest BCUT2D eigenvalue weighted by Crippen LogP contribution is 2.29. The largest absolute Gasteiger partial charge is 0.488 e. The van der Waals surface area contributed by atoms with Crippen LogP contribution in [-0.4, -0.2) is 24.1 Å². The molecule has 1 aromatic carbocycles. The maximum atomic E-state index is 5.94. The Labute approximate surface area is 115 Å². The number of benzene rings is 1. The van der Waals surface area contributed by atoms with Gasteiger partial charge in [-0.25, -0.2) is 0 Å². The molecule has 1 aliphatic heterocycles. The van der Waals surface area contributed by atoms with Crippen molar-refractivity contribution in [3.63, 3.8) is 0 Å². The van der Waals surface area contributed by atoms with Crippen molar-refractivity contribution in [1.29, 1.82) is 0 Å². The first-order valence-corrected chi connectivity index (χ1v) is 7.11. The zero-order valence-electron chi connectivity index (χ0n) is 11.4. The van der Waals surface area contributed by atoms with Crippen molar-refractivity contribution < 1.29 is 4.74 Å². The Kier molecular flexibility index (Phi) is 4.18. The number of ether oxygens (including phenoxy) is 1. The third-order valence-electron chi connectivity index (χ3n) is 3.48. The predicted octanol–water partition coefficient (Wildman–Crippen LogP) is 3.30. The molecular weight excluding hydrogens is 246 g/mol. The average molecular weight is 268 g/mol. The number of aryl methyl sites for hydroxylation is 1. The van der Waals surface area contributed by atoms with Gasteiger partial charge < -0.3 is 10.1 Å². The van der Waals surface area contributed by atoms with Crippen molar-refractivity contribution in [2.24, 2.45) is 0 Å². The molecule has 1 unspecified atom stereocenters. The van der Waals surface area contributed by atoms with Gasteiger partial charge in [-0.05, 0) is 38.8 Å². The highest BCUT2D eigenvalue weighted by Gasteiger charge is 2.25. The molecule has 18 heavy (non-hydrogen) atoms. The van der Waals surface area contributed by atoms with Gasteiger partial charge in [-0.2, -0.15) is 0 Å². The summed E-state index contributed by atoms with van der Waals surface area (Å²) in [5.74, 6) is 1.73. The maximum Gasteiger partial charge on any atom is 0.123 e. The minimum atomic E-state index is 0.0792. The van der Waals surface area contributed by atoms with Crippen molar-refractivity contribution in [2.45, 2.75) is 45.3 Å². The molecule has 0 aromatic heterocycles. The number of rotatable bonds is 5. The highest BCUT2D eigenvalue weighted by atomic mass is 35.5. The number of halogens is 1. The predicted molar refractivity (Wildman–Crippen MR) is 76.7 cm³/mol. The SMILES string of the molecule is Cc1ccc2c(c1)CC(CNC(C)(C)CCCl)O2. The summed E-state index contributed by atoms with van der Waals surface area (Å²) in [6.07, 6.45) is 2.21. The van der Waals surface area contributed by atoms with Gasteiger partial charge in [0, 0.05) is 24.4 Å². The normalized spacial score (nSPS) is 18.6. The van der Waals surface area contributed by atoms with Gasteiger partial charge in [0.05, 0.1) is 0 Å². The molecule has 0 spiro atoms. The minimum Gasteiger partial charge on any atom is -0.488 e. The molecule has 1 heterocycles. The summed E-state index contributed by atoms with van der Waals surface area (Å²) in [5, 5.41) is 3.54. The second kappa shape index (κ2) is 5.50. The van der Waals surface area contributed by atoms with Crippen LogP contribution in [0, 0.1) is 6.92 Å². The van der Waals surface area contributed by atoms with Gasteiger partial charge in [0.2, 0.25) is 0 Å². The lowest BCUT2D eigenvalue weighted by Gasteiger charge is -2.27. The van der Waals surface area contributed by atoms with Crippen LogP contribution in [0.1, 0.15) is 31.4 Å². The summed E-state index contributed by atoms with van der Waals surface area (Å²) in [5.41, 5.74) is 2.71. The van der Waals surface area contributed by atoms with Crippen molar-refractivity contribution in [2.75, 3.05) is 12.4 Å². The average Bonchev–Trinajstić information content (AvgIpc) is 2.68. The first-order chi connectivity index (χ1) is 8.50. The zero-order valence-corrected chi connectivity index (χ0v) is 12.2. The van der Waals surface area contributed by atoms with Crippen LogP contribution in [0.3, 0.4) is 0 Å². The molecule has 2 nitrogen and oxygen atoms in total. The lowest BCUT2D eigenvalue weighted by molar-refractivity contribution is 0.207. The molecule has 0 bridgehead atoms. The Bertz CT molecular complexity index is 417. The summed E-state index contributed by atoms with van der Waals surface area (Å²) in [4.78, 5) is 0. The van der Waals surface area contributed by atoms with Gasteiger partial charge in [-0.3, -0.25) is 0 Å². The van der Waals surface area contributed by atoms with E-state index in [0.29, 0.717) is 5.88 Å². The van der Waals surface area contributed by atoms with E-state index >= 15 is 0 Å². The number of fused-ring (bicyclic) bond motifs is 1. The molecule has 2 rings (SSSR count). The van der Waals surface area contributed by atoms with Crippen molar-refractivity contribution >= 4 is 11.6 Å². The summed E-state index contributed by atoms with van der Waals surface area (Å²) < 4.78 is 5.94. The smallest absolute Gasteiger partial charge is 0.123 e. The van der Waals surface area contributed by atoms with Crippen LogP contribution in [0.25, 0.3) is 0 Å². The Balaban J connectivity index is 1.88. The van der Waals surface area contributed by atoms with Gasteiger partial charge in [-0.15, -0.1) is 11.6 Å². The first kappa shape index (κ1) is 13.7. The van der Waals surface area contributed by atoms with Gasteiger partial charge in [0.15, 0.2) is 0 Å². The summed E-state index contributed by atoms with van der Waals surface area (Å²) in [6.45, 7) is 7.36. The number of hydrogen-bond donors (Lipinski definition) is 1. The van der Waals surface area contributed by atoms with Crippen LogP contribution in [0.2, 0.25) is 0 Å². The van der Waals surface area contributed by atoms with E-state index in [4.69, 9.17) is 16.3 Å². The standard InChI is InChI=1S/C15H22ClNO/c1-11-4-5-14-12(8-11)9-13(18-14)10-17-15(2,3)6-7-16/h4-5,8,13,17H,6-7,9-10H2,1-3H3. The Morgan fingerprint density at radius 2 is 2.22 bits per heavy atom. The Morgan fingerprint density at radius 1 is 1.44 bits per heavy atom. The molecule has 0 radical (unpaired) electrons. The lowest BCUT2D eigenvalue weighted by Crippen LogP contribution is -2.44. The van der Waals surface area contributed by atoms with Gasteiger partial charge in [0.25, 0.3) is 0 Å².